The molecule has 21 heavy (non-hydrogen) atoms. The number of amides is 1. The Labute approximate surface area is 126 Å². The molecule has 1 fully saturated rings. The zero-order chi connectivity index (χ0) is 15.5. The van der Waals surface area contributed by atoms with Crippen molar-refractivity contribution in [3.63, 3.8) is 0 Å². The third-order valence-corrected chi connectivity index (χ3v) is 3.36. The Morgan fingerprint density at radius 3 is 2.24 bits per heavy atom. The van der Waals surface area contributed by atoms with Crippen molar-refractivity contribution in [3.8, 4) is 0 Å². The zero-order valence-electron chi connectivity index (χ0n) is 12.0. The minimum Gasteiger partial charge on any atom is -0.322 e. The Morgan fingerprint density at radius 1 is 1.14 bits per heavy atom. The lowest BCUT2D eigenvalue weighted by Crippen LogP contribution is -2.26. The number of hydrogen-bond donors (Lipinski definition) is 1. The van der Waals surface area contributed by atoms with E-state index in [-0.39, 0.29) is 6.41 Å². The summed E-state index contributed by atoms with van der Waals surface area (Å²) in [6, 6.07) is 10.6. The average molecular weight is 308 g/mol. The Morgan fingerprint density at radius 2 is 1.76 bits per heavy atom. The standard InChI is InChI=1S/C13H17N.C2H3NO3S/c1-14-9-7-13(8-10-14)11-12-5-3-2-4-6-12;4-1-3-2-7(5)6/h2-6,11H,7-10H2,1H3;1-2H,(H,3,4). The van der Waals surface area contributed by atoms with Crippen molar-refractivity contribution < 1.29 is 13.2 Å². The highest BCUT2D eigenvalue weighted by Crippen LogP contribution is 2.17. The maximum Gasteiger partial charge on any atom is 0.230 e. The maximum atomic E-state index is 9.48. The van der Waals surface area contributed by atoms with Gasteiger partial charge in [0.1, 0.15) is 5.49 Å². The van der Waals surface area contributed by atoms with Crippen LogP contribution in [-0.2, 0) is 15.1 Å². The van der Waals surface area contributed by atoms with Crippen molar-refractivity contribution in [1.29, 1.82) is 0 Å². The monoisotopic (exact) mass is 308 g/mol. The number of hydrogen-bond acceptors (Lipinski definition) is 4. The third kappa shape index (κ3) is 8.06. The second-order valence-electron chi connectivity index (χ2n) is 4.68. The van der Waals surface area contributed by atoms with Crippen molar-refractivity contribution in [2.75, 3.05) is 20.1 Å². The van der Waals surface area contributed by atoms with Gasteiger partial charge in [-0.2, -0.15) is 8.42 Å². The van der Waals surface area contributed by atoms with E-state index in [1.165, 1.54) is 31.5 Å². The Bertz CT molecular complexity index is 577. The molecule has 0 saturated carbocycles. The fourth-order valence-corrected chi connectivity index (χ4v) is 2.09. The number of benzene rings is 1. The molecule has 0 atom stereocenters. The number of piperidine rings is 1. The highest BCUT2D eigenvalue weighted by molar-refractivity contribution is 7.71. The molecule has 1 aliphatic rings. The van der Waals surface area contributed by atoms with Gasteiger partial charge >= 0.3 is 0 Å². The lowest BCUT2D eigenvalue weighted by atomic mass is 10.0. The number of nitrogens with one attached hydrogen (secondary N) is 1. The van der Waals surface area contributed by atoms with Crippen molar-refractivity contribution in [3.05, 3.63) is 41.5 Å². The minimum absolute atomic E-state index is 0.274. The quantitative estimate of drug-likeness (QED) is 0.672. The first kappa shape index (κ1) is 17.1. The van der Waals surface area contributed by atoms with Crippen LogP contribution in [0.4, 0.5) is 0 Å². The molecule has 1 heterocycles. The van der Waals surface area contributed by atoms with Crippen molar-refractivity contribution in [1.82, 2.24) is 10.2 Å². The molecule has 1 N–H and O–H groups in total. The summed E-state index contributed by atoms with van der Waals surface area (Å²) in [5.74, 6) is 0. The molecule has 1 amide bonds. The SMILES string of the molecule is CN1CCC(=Cc2ccccc2)CC1.O=CNC=S(=O)=O. The van der Waals surface area contributed by atoms with Crippen LogP contribution in [0.15, 0.2) is 35.9 Å². The van der Waals surface area contributed by atoms with E-state index in [1.807, 2.05) is 5.32 Å². The molecule has 114 valence electrons. The molecule has 0 radical (unpaired) electrons. The summed E-state index contributed by atoms with van der Waals surface area (Å²) in [5, 5.41) is 1.83. The fourth-order valence-electron chi connectivity index (χ4n) is 1.92. The van der Waals surface area contributed by atoms with Gasteiger partial charge < -0.3 is 10.2 Å². The van der Waals surface area contributed by atoms with Gasteiger partial charge in [-0.05, 0) is 25.5 Å². The van der Waals surface area contributed by atoms with E-state index in [0.29, 0.717) is 5.49 Å². The van der Waals surface area contributed by atoms with Gasteiger partial charge in [0.25, 0.3) is 0 Å². The second kappa shape index (κ2) is 9.90. The van der Waals surface area contributed by atoms with E-state index in [2.05, 4.69) is 48.4 Å². The summed E-state index contributed by atoms with van der Waals surface area (Å²) in [6.45, 7) is 2.41. The summed E-state index contributed by atoms with van der Waals surface area (Å²) in [6.07, 6.45) is 5.07. The van der Waals surface area contributed by atoms with Crippen LogP contribution in [0.1, 0.15) is 18.4 Å². The average Bonchev–Trinajstić information content (AvgIpc) is 2.49. The van der Waals surface area contributed by atoms with Crippen LogP contribution < -0.4 is 5.32 Å². The van der Waals surface area contributed by atoms with Gasteiger partial charge in [0, 0.05) is 13.1 Å². The molecule has 1 aliphatic heterocycles. The molecule has 2 rings (SSSR count). The van der Waals surface area contributed by atoms with Gasteiger partial charge in [-0.3, -0.25) is 4.79 Å². The number of likely N-dealkylation sites (tertiary alicyclic amines) is 1. The lowest BCUT2D eigenvalue weighted by molar-refractivity contribution is -0.108. The Hall–Kier alpha value is -1.92. The molecular formula is C15H20N2O3S. The summed E-state index contributed by atoms with van der Waals surface area (Å²) in [7, 11) is -0.0891. The summed E-state index contributed by atoms with van der Waals surface area (Å²) >= 11 is 0. The molecule has 0 unspecified atom stereocenters. The summed E-state index contributed by atoms with van der Waals surface area (Å²) < 4.78 is 19.0. The number of carbonyl (C=O) groups is 1. The van der Waals surface area contributed by atoms with Gasteiger partial charge in [-0.25, -0.2) is 0 Å². The van der Waals surface area contributed by atoms with Crippen LogP contribution in [0, 0.1) is 0 Å². The van der Waals surface area contributed by atoms with E-state index in [4.69, 9.17) is 0 Å². The molecule has 0 bridgehead atoms. The molecule has 5 nitrogen and oxygen atoms in total. The Balaban J connectivity index is 0.000000270. The lowest BCUT2D eigenvalue weighted by Gasteiger charge is -2.24. The van der Waals surface area contributed by atoms with Crippen molar-refractivity contribution >= 4 is 28.3 Å². The largest absolute Gasteiger partial charge is 0.322 e. The minimum atomic E-state index is -2.28. The van der Waals surface area contributed by atoms with Crippen LogP contribution in [-0.4, -0.2) is 45.4 Å². The smallest absolute Gasteiger partial charge is 0.230 e. The van der Waals surface area contributed by atoms with E-state index in [0.717, 1.165) is 0 Å². The van der Waals surface area contributed by atoms with Crippen LogP contribution >= 0.6 is 0 Å². The summed E-state index contributed by atoms with van der Waals surface area (Å²) in [4.78, 5) is 11.7. The predicted octanol–water partition coefficient (Wildman–Crippen LogP) is 1.17. The molecule has 1 aromatic rings. The van der Waals surface area contributed by atoms with E-state index in [1.54, 1.807) is 5.57 Å². The van der Waals surface area contributed by atoms with Gasteiger partial charge in [0.2, 0.25) is 16.7 Å². The van der Waals surface area contributed by atoms with E-state index >= 15 is 0 Å². The predicted molar refractivity (Wildman–Crippen MR) is 85.3 cm³/mol. The molecule has 6 heteroatoms. The van der Waals surface area contributed by atoms with Crippen LogP contribution in [0.2, 0.25) is 0 Å². The molecule has 0 aromatic heterocycles. The molecule has 1 saturated heterocycles. The summed E-state index contributed by atoms with van der Waals surface area (Å²) in [5.41, 5.74) is 3.58. The Kier molecular flexibility index (Phi) is 8.08. The maximum absolute atomic E-state index is 9.48. The number of carbonyl (C=O) groups excluding carboxylic acids is 1. The van der Waals surface area contributed by atoms with Gasteiger partial charge in [-0.1, -0.05) is 42.0 Å². The highest BCUT2D eigenvalue weighted by atomic mass is 32.2. The first-order valence-corrected chi connectivity index (χ1v) is 7.79. The molecule has 0 aliphatic carbocycles. The van der Waals surface area contributed by atoms with Gasteiger partial charge in [0.15, 0.2) is 0 Å². The molecular weight excluding hydrogens is 288 g/mol. The first-order valence-electron chi connectivity index (χ1n) is 6.66. The third-order valence-electron chi connectivity index (χ3n) is 3.03. The van der Waals surface area contributed by atoms with E-state index < -0.39 is 10.3 Å². The molecule has 1 aromatic carbocycles. The van der Waals surface area contributed by atoms with Crippen molar-refractivity contribution in [2.24, 2.45) is 0 Å². The van der Waals surface area contributed by atoms with Crippen LogP contribution in [0.3, 0.4) is 0 Å². The fraction of sp³-hybridized carbons (Fsp3) is 0.333. The second-order valence-corrected chi connectivity index (χ2v) is 5.44. The normalized spacial score (nSPS) is 14.4. The molecule has 0 spiro atoms. The van der Waals surface area contributed by atoms with Crippen LogP contribution in [0.5, 0.6) is 0 Å². The van der Waals surface area contributed by atoms with Crippen molar-refractivity contribution in [2.45, 2.75) is 12.8 Å². The zero-order valence-corrected chi connectivity index (χ0v) is 12.8. The van der Waals surface area contributed by atoms with Crippen LogP contribution in [0.25, 0.3) is 6.08 Å². The van der Waals surface area contributed by atoms with Gasteiger partial charge in [0.05, 0.1) is 0 Å². The topological polar surface area (TPSA) is 66.5 Å². The first-order chi connectivity index (χ1) is 10.1. The van der Waals surface area contributed by atoms with Gasteiger partial charge in [-0.15, -0.1) is 0 Å². The highest BCUT2D eigenvalue weighted by Gasteiger charge is 2.08. The number of nitrogens with zero attached hydrogens (tertiary/aromatic N) is 1. The van der Waals surface area contributed by atoms with E-state index in [9.17, 15) is 13.2 Å². The number of rotatable bonds is 3.